The molecule has 6 heteroatoms. The van der Waals surface area contributed by atoms with Gasteiger partial charge in [0.1, 0.15) is 5.76 Å². The Bertz CT molecular complexity index is 648. The molecule has 3 rings (SSSR count). The predicted octanol–water partition coefficient (Wildman–Crippen LogP) is 2.55. The summed E-state index contributed by atoms with van der Waals surface area (Å²) in [5.41, 5.74) is 0.661. The van der Waals surface area contributed by atoms with Gasteiger partial charge in [-0.3, -0.25) is 4.79 Å². The summed E-state index contributed by atoms with van der Waals surface area (Å²) in [6, 6.07) is 3.80. The number of likely N-dealkylation sites (tertiary alicyclic amines) is 1. The lowest BCUT2D eigenvalue weighted by Crippen LogP contribution is -2.36. The van der Waals surface area contributed by atoms with Gasteiger partial charge in [0.2, 0.25) is 5.91 Å². The predicted molar refractivity (Wildman–Crippen MR) is 83.7 cm³/mol. The van der Waals surface area contributed by atoms with Gasteiger partial charge in [0.15, 0.2) is 5.76 Å². The van der Waals surface area contributed by atoms with Crippen LogP contribution in [-0.4, -0.2) is 40.1 Å². The van der Waals surface area contributed by atoms with Crippen molar-refractivity contribution in [3.05, 3.63) is 29.9 Å². The number of aryl methyl sites for hydroxylation is 1. The van der Waals surface area contributed by atoms with Crippen LogP contribution in [0.25, 0.3) is 11.7 Å². The molecule has 23 heavy (non-hydrogen) atoms. The van der Waals surface area contributed by atoms with Crippen molar-refractivity contribution < 1.29 is 18.7 Å². The Hall–Kier alpha value is -2.08. The number of nitrogens with zero attached hydrogens (tertiary/aromatic N) is 2. The van der Waals surface area contributed by atoms with E-state index >= 15 is 0 Å². The van der Waals surface area contributed by atoms with Gasteiger partial charge in [-0.15, -0.1) is 0 Å². The lowest BCUT2D eigenvalue weighted by molar-refractivity contribution is -0.131. The zero-order valence-corrected chi connectivity index (χ0v) is 13.3. The highest BCUT2D eigenvalue weighted by atomic mass is 16.4. The molecule has 1 N–H and O–H groups in total. The van der Waals surface area contributed by atoms with Crippen molar-refractivity contribution >= 4 is 5.91 Å². The average molecular weight is 318 g/mol. The number of rotatable bonds is 6. The van der Waals surface area contributed by atoms with E-state index in [0.29, 0.717) is 23.1 Å². The van der Waals surface area contributed by atoms with Gasteiger partial charge in [-0.1, -0.05) is 0 Å². The number of aliphatic hydroxyl groups is 1. The summed E-state index contributed by atoms with van der Waals surface area (Å²) >= 11 is 0. The smallest absolute Gasteiger partial charge is 0.263 e. The topological polar surface area (TPSA) is 79.7 Å². The zero-order valence-electron chi connectivity index (χ0n) is 13.3. The molecule has 1 saturated heterocycles. The van der Waals surface area contributed by atoms with E-state index in [1.165, 1.54) is 0 Å². The Labute approximate surface area is 135 Å². The van der Waals surface area contributed by atoms with Gasteiger partial charge in [0.05, 0.1) is 18.4 Å². The lowest BCUT2D eigenvalue weighted by atomic mass is 10.1. The molecule has 0 spiro atoms. The molecule has 1 aliphatic rings. The zero-order chi connectivity index (χ0) is 16.2. The van der Waals surface area contributed by atoms with E-state index in [-0.39, 0.29) is 25.0 Å². The van der Waals surface area contributed by atoms with Gasteiger partial charge in [0, 0.05) is 19.2 Å². The molecule has 6 nitrogen and oxygen atoms in total. The summed E-state index contributed by atoms with van der Waals surface area (Å²) in [6.45, 7) is 2.78. The summed E-state index contributed by atoms with van der Waals surface area (Å²) in [4.78, 5) is 18.9. The van der Waals surface area contributed by atoms with Gasteiger partial charge >= 0.3 is 0 Å². The van der Waals surface area contributed by atoms with Crippen LogP contribution in [0.2, 0.25) is 0 Å². The van der Waals surface area contributed by atoms with E-state index in [0.717, 1.165) is 32.2 Å². The molecular weight excluding hydrogens is 296 g/mol. The molecule has 1 unspecified atom stereocenters. The number of furan rings is 1. The standard InChI is InChI=1S/C17H22N2O4/c1-12-14(18-17(23-12)15-7-4-10-22-15)11-16(21)19-8-2-5-13(19)6-3-9-20/h4,7,10,13,20H,2-3,5-6,8-9,11H2,1H3. The second kappa shape index (κ2) is 7.00. The number of carbonyl (C=O) groups is 1. The van der Waals surface area contributed by atoms with Gasteiger partial charge in [0.25, 0.3) is 5.89 Å². The first-order valence-corrected chi connectivity index (χ1v) is 8.09. The highest BCUT2D eigenvalue weighted by Gasteiger charge is 2.29. The molecule has 124 valence electrons. The third-order valence-corrected chi connectivity index (χ3v) is 4.34. The van der Waals surface area contributed by atoms with Crippen LogP contribution in [0.5, 0.6) is 0 Å². The normalized spacial score (nSPS) is 17.8. The first kappa shape index (κ1) is 15.8. The van der Waals surface area contributed by atoms with Crippen LogP contribution in [0.15, 0.2) is 27.2 Å². The minimum atomic E-state index is 0.0767. The number of oxazole rings is 1. The second-order valence-corrected chi connectivity index (χ2v) is 5.92. The highest BCUT2D eigenvalue weighted by Crippen LogP contribution is 2.25. The van der Waals surface area contributed by atoms with Crippen molar-refractivity contribution in [2.75, 3.05) is 13.2 Å². The van der Waals surface area contributed by atoms with E-state index in [2.05, 4.69) is 4.98 Å². The maximum atomic E-state index is 12.6. The quantitative estimate of drug-likeness (QED) is 0.885. The van der Waals surface area contributed by atoms with E-state index in [1.807, 2.05) is 11.8 Å². The molecular formula is C17H22N2O4. The Morgan fingerprint density at radius 3 is 3.13 bits per heavy atom. The third-order valence-electron chi connectivity index (χ3n) is 4.34. The van der Waals surface area contributed by atoms with E-state index in [4.69, 9.17) is 13.9 Å². The fourth-order valence-corrected chi connectivity index (χ4v) is 3.13. The Balaban J connectivity index is 1.68. The fourth-order valence-electron chi connectivity index (χ4n) is 3.13. The number of aliphatic hydroxyl groups excluding tert-OH is 1. The van der Waals surface area contributed by atoms with Crippen molar-refractivity contribution in [1.82, 2.24) is 9.88 Å². The Kier molecular flexibility index (Phi) is 4.81. The fraction of sp³-hybridized carbons (Fsp3) is 0.529. The van der Waals surface area contributed by atoms with Crippen molar-refractivity contribution in [2.24, 2.45) is 0 Å². The second-order valence-electron chi connectivity index (χ2n) is 5.92. The molecule has 0 saturated carbocycles. The molecule has 1 fully saturated rings. The van der Waals surface area contributed by atoms with Crippen LogP contribution in [0, 0.1) is 6.92 Å². The number of hydrogen-bond donors (Lipinski definition) is 1. The number of aromatic nitrogens is 1. The maximum absolute atomic E-state index is 12.6. The number of carbonyl (C=O) groups excluding carboxylic acids is 1. The summed E-state index contributed by atoms with van der Waals surface area (Å²) in [5.74, 6) is 1.70. The van der Waals surface area contributed by atoms with E-state index in [9.17, 15) is 4.79 Å². The molecule has 0 radical (unpaired) electrons. The molecule has 0 bridgehead atoms. The summed E-state index contributed by atoms with van der Waals surface area (Å²) < 4.78 is 10.9. The van der Waals surface area contributed by atoms with Gasteiger partial charge in [-0.25, -0.2) is 4.98 Å². The van der Waals surface area contributed by atoms with Crippen molar-refractivity contribution in [2.45, 2.75) is 45.1 Å². The molecule has 1 amide bonds. The molecule has 2 aromatic heterocycles. The Morgan fingerprint density at radius 1 is 1.52 bits per heavy atom. The van der Waals surface area contributed by atoms with Crippen LogP contribution in [0.1, 0.15) is 37.1 Å². The first-order chi connectivity index (χ1) is 11.2. The number of amides is 1. The first-order valence-electron chi connectivity index (χ1n) is 8.09. The SMILES string of the molecule is Cc1oc(-c2ccco2)nc1CC(=O)N1CCCC1CCCO. The molecule has 0 aromatic carbocycles. The largest absolute Gasteiger partial charge is 0.459 e. The van der Waals surface area contributed by atoms with E-state index < -0.39 is 0 Å². The average Bonchev–Trinajstić information content (AvgIpc) is 3.26. The van der Waals surface area contributed by atoms with Crippen LogP contribution >= 0.6 is 0 Å². The van der Waals surface area contributed by atoms with Gasteiger partial charge in [-0.05, 0) is 44.7 Å². The van der Waals surface area contributed by atoms with Crippen molar-refractivity contribution in [3.63, 3.8) is 0 Å². The van der Waals surface area contributed by atoms with Crippen molar-refractivity contribution in [3.8, 4) is 11.7 Å². The third kappa shape index (κ3) is 3.47. The van der Waals surface area contributed by atoms with Gasteiger partial charge in [-0.2, -0.15) is 0 Å². The Morgan fingerprint density at radius 2 is 2.39 bits per heavy atom. The molecule has 2 aromatic rings. The molecule has 3 heterocycles. The molecule has 1 aliphatic heterocycles. The minimum absolute atomic E-state index is 0.0767. The summed E-state index contributed by atoms with van der Waals surface area (Å²) in [7, 11) is 0. The van der Waals surface area contributed by atoms with E-state index in [1.54, 1.807) is 18.4 Å². The van der Waals surface area contributed by atoms with Crippen LogP contribution in [0.4, 0.5) is 0 Å². The minimum Gasteiger partial charge on any atom is -0.459 e. The van der Waals surface area contributed by atoms with Crippen LogP contribution in [-0.2, 0) is 11.2 Å². The monoisotopic (exact) mass is 318 g/mol. The molecule has 0 aliphatic carbocycles. The molecule has 1 atom stereocenters. The van der Waals surface area contributed by atoms with Gasteiger partial charge < -0.3 is 18.8 Å². The highest BCUT2D eigenvalue weighted by molar-refractivity contribution is 5.79. The summed E-state index contributed by atoms with van der Waals surface area (Å²) in [6.07, 6.45) is 5.44. The lowest BCUT2D eigenvalue weighted by Gasteiger charge is -2.24. The summed E-state index contributed by atoms with van der Waals surface area (Å²) in [5, 5.41) is 8.98. The van der Waals surface area contributed by atoms with Crippen LogP contribution in [0.3, 0.4) is 0 Å². The maximum Gasteiger partial charge on any atom is 0.263 e. The van der Waals surface area contributed by atoms with Crippen LogP contribution < -0.4 is 0 Å². The number of hydrogen-bond acceptors (Lipinski definition) is 5. The van der Waals surface area contributed by atoms with Crippen molar-refractivity contribution in [1.29, 1.82) is 0 Å².